The number of hydrogen-bond donors (Lipinski definition) is 1. The summed E-state index contributed by atoms with van der Waals surface area (Å²) in [5.74, 6) is -0.182. The number of ketones is 1. The summed E-state index contributed by atoms with van der Waals surface area (Å²) < 4.78 is 0. The Morgan fingerprint density at radius 3 is 2.22 bits per heavy atom. The van der Waals surface area contributed by atoms with Crippen molar-refractivity contribution in [2.45, 2.75) is 6.61 Å². The summed E-state index contributed by atoms with van der Waals surface area (Å²) in [5.41, 5.74) is 1.48. The van der Waals surface area contributed by atoms with Gasteiger partial charge >= 0.3 is 0 Å². The zero-order chi connectivity index (χ0) is 13.1. The summed E-state index contributed by atoms with van der Waals surface area (Å²) >= 11 is 11.6. The molecule has 0 bridgehead atoms. The van der Waals surface area contributed by atoms with E-state index in [2.05, 4.69) is 0 Å². The van der Waals surface area contributed by atoms with Gasteiger partial charge in [-0.2, -0.15) is 0 Å². The van der Waals surface area contributed by atoms with E-state index in [1.807, 2.05) is 0 Å². The number of halogens is 2. The molecule has 0 amide bonds. The molecule has 2 nitrogen and oxygen atoms in total. The molecule has 0 aliphatic carbocycles. The molecule has 0 spiro atoms. The third-order valence-corrected chi connectivity index (χ3v) is 3.08. The van der Waals surface area contributed by atoms with Crippen LogP contribution in [-0.4, -0.2) is 10.9 Å². The molecule has 1 N–H and O–H groups in total. The van der Waals surface area contributed by atoms with Crippen LogP contribution in [0.2, 0.25) is 10.0 Å². The minimum Gasteiger partial charge on any atom is -0.392 e. The van der Waals surface area contributed by atoms with Crippen LogP contribution in [0.5, 0.6) is 0 Å². The first kappa shape index (κ1) is 13.1. The second-order valence-electron chi connectivity index (χ2n) is 3.80. The average Bonchev–Trinajstić information content (AvgIpc) is 2.39. The predicted octanol–water partition coefficient (Wildman–Crippen LogP) is 3.72. The van der Waals surface area contributed by atoms with Gasteiger partial charge in [-0.1, -0.05) is 29.3 Å². The molecular weight excluding hydrogens is 271 g/mol. The fraction of sp³-hybridized carbons (Fsp3) is 0.0714. The highest BCUT2D eigenvalue weighted by atomic mass is 35.5. The van der Waals surface area contributed by atoms with Gasteiger partial charge in [0.05, 0.1) is 6.61 Å². The normalized spacial score (nSPS) is 10.4. The third kappa shape index (κ3) is 2.72. The molecular formula is C14H10Cl2O2. The van der Waals surface area contributed by atoms with E-state index in [9.17, 15) is 9.90 Å². The van der Waals surface area contributed by atoms with Crippen molar-refractivity contribution in [1.29, 1.82) is 0 Å². The van der Waals surface area contributed by atoms with Crippen molar-refractivity contribution >= 4 is 29.0 Å². The molecule has 4 heteroatoms. The number of carbonyl (C=O) groups is 1. The van der Waals surface area contributed by atoms with E-state index in [1.54, 1.807) is 42.5 Å². The maximum absolute atomic E-state index is 12.3. The smallest absolute Gasteiger partial charge is 0.193 e. The lowest BCUT2D eigenvalue weighted by atomic mass is 9.99. The highest BCUT2D eigenvalue weighted by Gasteiger charge is 2.13. The molecule has 0 saturated carbocycles. The lowest BCUT2D eigenvalue weighted by Gasteiger charge is -2.07. The van der Waals surface area contributed by atoms with Crippen molar-refractivity contribution < 1.29 is 9.90 Å². The minimum atomic E-state index is -0.203. The minimum absolute atomic E-state index is 0.182. The number of aliphatic hydroxyl groups excluding tert-OH is 1. The average molecular weight is 281 g/mol. The van der Waals surface area contributed by atoms with Gasteiger partial charge in [-0.05, 0) is 42.0 Å². The second kappa shape index (κ2) is 5.53. The Kier molecular flexibility index (Phi) is 4.02. The standard InChI is InChI=1S/C14H10Cl2O2/c15-11-4-1-9(2-5-11)14(18)13-7-12(16)6-3-10(13)8-17/h1-7,17H,8H2. The molecule has 0 atom stereocenters. The van der Waals surface area contributed by atoms with Crippen molar-refractivity contribution in [3.8, 4) is 0 Å². The monoisotopic (exact) mass is 280 g/mol. The van der Waals surface area contributed by atoms with Crippen LogP contribution in [0.15, 0.2) is 42.5 Å². The zero-order valence-corrected chi connectivity index (χ0v) is 10.9. The Labute approximate surface area is 115 Å². The van der Waals surface area contributed by atoms with Crippen LogP contribution < -0.4 is 0 Å². The molecule has 0 radical (unpaired) electrons. The highest BCUT2D eigenvalue weighted by molar-refractivity contribution is 6.31. The van der Waals surface area contributed by atoms with Gasteiger partial charge in [0, 0.05) is 21.2 Å². The molecule has 18 heavy (non-hydrogen) atoms. The number of carbonyl (C=O) groups excluding carboxylic acids is 1. The molecule has 0 fully saturated rings. The molecule has 0 unspecified atom stereocenters. The molecule has 2 aromatic rings. The van der Waals surface area contributed by atoms with Crippen LogP contribution in [-0.2, 0) is 6.61 Å². The van der Waals surface area contributed by atoms with Gasteiger partial charge in [0.1, 0.15) is 0 Å². The first-order chi connectivity index (χ1) is 8.61. The van der Waals surface area contributed by atoms with Gasteiger partial charge in [-0.25, -0.2) is 0 Å². The summed E-state index contributed by atoms with van der Waals surface area (Å²) in [5, 5.41) is 10.3. The van der Waals surface area contributed by atoms with Crippen LogP contribution in [0.25, 0.3) is 0 Å². The Bertz CT molecular complexity index is 577. The number of hydrogen-bond acceptors (Lipinski definition) is 2. The van der Waals surface area contributed by atoms with Gasteiger partial charge in [0.15, 0.2) is 5.78 Å². The Hall–Kier alpha value is -1.35. The number of benzene rings is 2. The van der Waals surface area contributed by atoms with Gasteiger partial charge < -0.3 is 5.11 Å². The van der Waals surface area contributed by atoms with E-state index in [1.165, 1.54) is 0 Å². The van der Waals surface area contributed by atoms with Gasteiger partial charge in [-0.3, -0.25) is 4.79 Å². The molecule has 0 aliphatic rings. The number of rotatable bonds is 3. The zero-order valence-electron chi connectivity index (χ0n) is 9.36. The molecule has 0 heterocycles. The summed E-state index contributed by atoms with van der Waals surface area (Å²) in [4.78, 5) is 12.3. The van der Waals surface area contributed by atoms with E-state index in [0.717, 1.165) is 0 Å². The van der Waals surface area contributed by atoms with E-state index in [-0.39, 0.29) is 12.4 Å². The maximum Gasteiger partial charge on any atom is 0.193 e. The van der Waals surface area contributed by atoms with Crippen LogP contribution in [0, 0.1) is 0 Å². The second-order valence-corrected chi connectivity index (χ2v) is 4.67. The van der Waals surface area contributed by atoms with Gasteiger partial charge in [0.2, 0.25) is 0 Å². The fourth-order valence-electron chi connectivity index (χ4n) is 1.65. The Balaban J connectivity index is 2.45. The highest BCUT2D eigenvalue weighted by Crippen LogP contribution is 2.20. The van der Waals surface area contributed by atoms with Crippen molar-refractivity contribution in [1.82, 2.24) is 0 Å². The van der Waals surface area contributed by atoms with Crippen molar-refractivity contribution in [2.24, 2.45) is 0 Å². The summed E-state index contributed by atoms with van der Waals surface area (Å²) in [6, 6.07) is 11.4. The van der Waals surface area contributed by atoms with E-state index >= 15 is 0 Å². The van der Waals surface area contributed by atoms with Gasteiger partial charge in [0.25, 0.3) is 0 Å². The Morgan fingerprint density at radius 2 is 1.61 bits per heavy atom. The van der Waals surface area contributed by atoms with E-state index in [4.69, 9.17) is 23.2 Å². The van der Waals surface area contributed by atoms with Gasteiger partial charge in [-0.15, -0.1) is 0 Å². The third-order valence-electron chi connectivity index (χ3n) is 2.59. The van der Waals surface area contributed by atoms with Crippen molar-refractivity contribution in [3.63, 3.8) is 0 Å². The fourth-order valence-corrected chi connectivity index (χ4v) is 1.95. The summed E-state index contributed by atoms with van der Waals surface area (Å²) in [6.45, 7) is -0.203. The van der Waals surface area contributed by atoms with Crippen molar-refractivity contribution in [2.75, 3.05) is 0 Å². The topological polar surface area (TPSA) is 37.3 Å². The Morgan fingerprint density at radius 1 is 1.00 bits per heavy atom. The van der Waals surface area contributed by atoms with Crippen LogP contribution in [0.3, 0.4) is 0 Å². The summed E-state index contributed by atoms with van der Waals surface area (Å²) in [6.07, 6.45) is 0. The number of aliphatic hydroxyl groups is 1. The van der Waals surface area contributed by atoms with E-state index < -0.39 is 0 Å². The quantitative estimate of drug-likeness (QED) is 0.871. The lowest BCUT2D eigenvalue weighted by molar-refractivity contribution is 0.103. The SMILES string of the molecule is O=C(c1ccc(Cl)cc1)c1cc(Cl)ccc1CO. The molecule has 0 saturated heterocycles. The molecule has 2 rings (SSSR count). The van der Waals surface area contributed by atoms with Crippen LogP contribution in [0.1, 0.15) is 21.5 Å². The predicted molar refractivity (Wildman–Crippen MR) is 72.3 cm³/mol. The lowest BCUT2D eigenvalue weighted by Crippen LogP contribution is -2.05. The molecule has 0 aliphatic heterocycles. The first-order valence-corrected chi connectivity index (χ1v) is 6.07. The van der Waals surface area contributed by atoms with Crippen LogP contribution >= 0.6 is 23.2 Å². The molecule has 0 aromatic heterocycles. The van der Waals surface area contributed by atoms with Crippen molar-refractivity contribution in [3.05, 3.63) is 69.2 Å². The molecule has 2 aromatic carbocycles. The maximum atomic E-state index is 12.3. The molecule has 92 valence electrons. The first-order valence-electron chi connectivity index (χ1n) is 5.31. The van der Waals surface area contributed by atoms with E-state index in [0.29, 0.717) is 26.7 Å². The largest absolute Gasteiger partial charge is 0.392 e. The summed E-state index contributed by atoms with van der Waals surface area (Å²) in [7, 11) is 0. The van der Waals surface area contributed by atoms with Crippen LogP contribution in [0.4, 0.5) is 0 Å².